The fourth-order valence-corrected chi connectivity index (χ4v) is 1.25. The van der Waals surface area contributed by atoms with Crippen molar-refractivity contribution in [2.45, 2.75) is 19.9 Å². The minimum atomic E-state index is 0.150. The zero-order valence-corrected chi connectivity index (χ0v) is 7.32. The predicted octanol–water partition coefficient (Wildman–Crippen LogP) is 2.26. The molecule has 1 aliphatic heterocycles. The quantitative estimate of drug-likeness (QED) is 0.509. The molecule has 0 aliphatic carbocycles. The van der Waals surface area contributed by atoms with Crippen LogP contribution in [-0.4, -0.2) is 16.5 Å². The molecule has 0 amide bonds. The smallest absolute Gasteiger partial charge is 0.219 e. The highest BCUT2D eigenvalue weighted by atomic mass is 35.5. The van der Waals surface area contributed by atoms with Gasteiger partial charge in [0.25, 0.3) is 0 Å². The van der Waals surface area contributed by atoms with Crippen molar-refractivity contribution >= 4 is 33.7 Å². The summed E-state index contributed by atoms with van der Waals surface area (Å²) < 4.78 is 0. The Kier molecular flexibility index (Phi) is 2.32. The van der Waals surface area contributed by atoms with E-state index < -0.39 is 0 Å². The third kappa shape index (κ3) is 1.50. The van der Waals surface area contributed by atoms with E-state index in [-0.39, 0.29) is 17.3 Å². The van der Waals surface area contributed by atoms with Crippen molar-refractivity contribution in [1.29, 1.82) is 0 Å². The summed E-state index contributed by atoms with van der Waals surface area (Å²) in [5.41, 5.74) is 0. The zero-order chi connectivity index (χ0) is 7.72. The van der Waals surface area contributed by atoms with E-state index in [1.54, 1.807) is 0 Å². The number of hydrogen-bond donors (Lipinski definition) is 0. The van der Waals surface area contributed by atoms with Crippen molar-refractivity contribution in [3.8, 4) is 0 Å². The van der Waals surface area contributed by atoms with Crippen LogP contribution in [0.15, 0.2) is 9.98 Å². The van der Waals surface area contributed by atoms with Crippen LogP contribution < -0.4 is 0 Å². The van der Waals surface area contributed by atoms with Gasteiger partial charge in [-0.1, -0.05) is 18.5 Å². The first-order valence-electron chi connectivity index (χ1n) is 3.08. The Morgan fingerprint density at radius 1 is 1.30 bits per heavy atom. The van der Waals surface area contributed by atoms with E-state index in [2.05, 4.69) is 9.98 Å². The monoisotopic (exact) mass is 178 g/mol. The normalized spacial score (nSPS) is 33.2. The largest absolute Gasteiger partial charge is 0.252 e. The average molecular weight is 179 g/mol. The molecule has 0 aromatic rings. The molecule has 1 heterocycles. The molecule has 56 valence electrons. The molecule has 0 N–H and O–H groups in total. The lowest BCUT2D eigenvalue weighted by molar-refractivity contribution is 0.615. The summed E-state index contributed by atoms with van der Waals surface area (Å²) in [7, 11) is 0. The standard InChI is InChI=1S/C6H8Cl2N2/c1-3-4(2)9-6(8)10-5(3)7/h3-4H,1-2H3. The summed E-state index contributed by atoms with van der Waals surface area (Å²) >= 11 is 11.3. The van der Waals surface area contributed by atoms with Gasteiger partial charge in [0, 0.05) is 5.92 Å². The van der Waals surface area contributed by atoms with Gasteiger partial charge in [-0.3, -0.25) is 4.99 Å². The van der Waals surface area contributed by atoms with E-state index in [1.165, 1.54) is 0 Å². The van der Waals surface area contributed by atoms with Gasteiger partial charge in [0.15, 0.2) is 0 Å². The van der Waals surface area contributed by atoms with Gasteiger partial charge in [0.2, 0.25) is 5.29 Å². The lowest BCUT2D eigenvalue weighted by Crippen LogP contribution is -2.23. The second-order valence-electron chi connectivity index (χ2n) is 2.36. The van der Waals surface area contributed by atoms with Crippen LogP contribution in [0.5, 0.6) is 0 Å². The number of amidine groups is 1. The van der Waals surface area contributed by atoms with Gasteiger partial charge in [0.05, 0.1) is 6.04 Å². The first-order valence-corrected chi connectivity index (χ1v) is 3.84. The van der Waals surface area contributed by atoms with Crippen LogP contribution in [-0.2, 0) is 0 Å². The van der Waals surface area contributed by atoms with Crippen LogP contribution in [0.1, 0.15) is 13.8 Å². The van der Waals surface area contributed by atoms with E-state index in [0.717, 1.165) is 0 Å². The lowest BCUT2D eigenvalue weighted by atomic mass is 10.1. The summed E-state index contributed by atoms with van der Waals surface area (Å²) in [6.07, 6.45) is 0. The minimum Gasteiger partial charge on any atom is -0.252 e. The third-order valence-electron chi connectivity index (χ3n) is 1.61. The Balaban J connectivity index is 2.85. The first kappa shape index (κ1) is 8.02. The maximum atomic E-state index is 5.74. The molecule has 2 unspecified atom stereocenters. The van der Waals surface area contributed by atoms with Crippen molar-refractivity contribution in [3.05, 3.63) is 0 Å². The van der Waals surface area contributed by atoms with Crippen LogP contribution in [0.3, 0.4) is 0 Å². The fraction of sp³-hybridized carbons (Fsp3) is 0.667. The van der Waals surface area contributed by atoms with Crippen molar-refractivity contribution in [1.82, 2.24) is 0 Å². The predicted molar refractivity (Wildman–Crippen MR) is 45.2 cm³/mol. The van der Waals surface area contributed by atoms with Gasteiger partial charge in [-0.25, -0.2) is 4.99 Å². The lowest BCUT2D eigenvalue weighted by Gasteiger charge is -2.17. The number of hydrogen-bond acceptors (Lipinski definition) is 2. The number of aliphatic imine (C=N–C) groups is 2. The molecule has 0 saturated carbocycles. The van der Waals surface area contributed by atoms with E-state index in [1.807, 2.05) is 13.8 Å². The fourth-order valence-electron chi connectivity index (χ4n) is 0.698. The first-order chi connectivity index (χ1) is 4.61. The molecule has 0 fully saturated rings. The van der Waals surface area contributed by atoms with Gasteiger partial charge < -0.3 is 0 Å². The Labute approximate surface area is 70.0 Å². The maximum absolute atomic E-state index is 5.74. The minimum absolute atomic E-state index is 0.150. The van der Waals surface area contributed by atoms with E-state index in [0.29, 0.717) is 5.17 Å². The summed E-state index contributed by atoms with van der Waals surface area (Å²) in [4.78, 5) is 7.84. The van der Waals surface area contributed by atoms with Crippen molar-refractivity contribution < 1.29 is 0 Å². The molecule has 2 nitrogen and oxygen atoms in total. The molecule has 1 aliphatic rings. The average Bonchev–Trinajstić information content (AvgIpc) is 1.82. The van der Waals surface area contributed by atoms with Crippen LogP contribution in [0, 0.1) is 5.92 Å². The van der Waals surface area contributed by atoms with Crippen molar-refractivity contribution in [2.24, 2.45) is 15.9 Å². The summed E-state index contributed by atoms with van der Waals surface area (Å²) in [6, 6.07) is 0.150. The summed E-state index contributed by atoms with van der Waals surface area (Å²) in [5.74, 6) is 0.198. The van der Waals surface area contributed by atoms with Crippen LogP contribution in [0.4, 0.5) is 0 Å². The van der Waals surface area contributed by atoms with Crippen molar-refractivity contribution in [3.63, 3.8) is 0 Å². The molecule has 2 atom stereocenters. The molecule has 0 aromatic carbocycles. The Bertz CT molecular complexity index is 198. The Morgan fingerprint density at radius 3 is 2.40 bits per heavy atom. The summed E-state index contributed by atoms with van der Waals surface area (Å²) in [6.45, 7) is 3.94. The maximum Gasteiger partial charge on any atom is 0.219 e. The van der Waals surface area contributed by atoms with Gasteiger partial charge in [-0.2, -0.15) is 0 Å². The Hall–Kier alpha value is -0.0800. The number of halogens is 2. The molecule has 4 heteroatoms. The molecule has 0 radical (unpaired) electrons. The number of rotatable bonds is 0. The Morgan fingerprint density at radius 2 is 1.90 bits per heavy atom. The zero-order valence-electron chi connectivity index (χ0n) is 5.81. The topological polar surface area (TPSA) is 24.7 Å². The molecular formula is C6H8Cl2N2. The SMILES string of the molecule is CC1N=C(Cl)N=C(Cl)C1C. The van der Waals surface area contributed by atoms with Gasteiger partial charge in [-0.15, -0.1) is 0 Å². The van der Waals surface area contributed by atoms with Crippen LogP contribution >= 0.6 is 23.2 Å². The summed E-state index contributed by atoms with van der Waals surface area (Å²) in [5, 5.41) is 0.808. The van der Waals surface area contributed by atoms with Gasteiger partial charge >= 0.3 is 0 Å². The van der Waals surface area contributed by atoms with Gasteiger partial charge in [-0.05, 0) is 18.5 Å². The van der Waals surface area contributed by atoms with Crippen LogP contribution in [0.25, 0.3) is 0 Å². The highest BCUT2D eigenvalue weighted by Gasteiger charge is 2.20. The van der Waals surface area contributed by atoms with E-state index >= 15 is 0 Å². The highest BCUT2D eigenvalue weighted by Crippen LogP contribution is 2.17. The molecule has 10 heavy (non-hydrogen) atoms. The molecular weight excluding hydrogens is 171 g/mol. The van der Waals surface area contributed by atoms with E-state index in [4.69, 9.17) is 23.2 Å². The molecule has 0 spiro atoms. The molecule has 0 aromatic heterocycles. The van der Waals surface area contributed by atoms with Crippen LogP contribution in [0.2, 0.25) is 0 Å². The third-order valence-corrected chi connectivity index (χ3v) is 2.22. The van der Waals surface area contributed by atoms with Crippen molar-refractivity contribution in [2.75, 3.05) is 0 Å². The second-order valence-corrected chi connectivity index (χ2v) is 3.09. The molecule has 0 saturated heterocycles. The number of nitrogens with zero attached hydrogens (tertiary/aromatic N) is 2. The molecule has 1 rings (SSSR count). The highest BCUT2D eigenvalue weighted by molar-refractivity contribution is 6.72. The second kappa shape index (κ2) is 2.89. The van der Waals surface area contributed by atoms with Gasteiger partial charge in [0.1, 0.15) is 5.17 Å². The van der Waals surface area contributed by atoms with E-state index in [9.17, 15) is 0 Å². The molecule has 0 bridgehead atoms.